The second-order valence-electron chi connectivity index (χ2n) is 7.45. The van der Waals surface area contributed by atoms with Crippen molar-refractivity contribution in [2.75, 3.05) is 13.2 Å². The second kappa shape index (κ2) is 11.5. The Morgan fingerprint density at radius 3 is 1.11 bits per heavy atom. The Morgan fingerprint density at radius 2 is 0.893 bits per heavy atom. The van der Waals surface area contributed by atoms with Crippen LogP contribution in [0.4, 0.5) is 0 Å². The maximum absolute atomic E-state index is 5.88. The van der Waals surface area contributed by atoms with Gasteiger partial charge in [-0.3, -0.25) is 0 Å². The van der Waals surface area contributed by atoms with Crippen LogP contribution >= 0.6 is 24.8 Å². The lowest BCUT2D eigenvalue weighted by molar-refractivity contribution is 0.292. The normalized spacial score (nSPS) is 12.4. The smallest absolute Gasteiger partial charge is 0.125 e. The molecule has 28 heavy (non-hydrogen) atoms. The van der Waals surface area contributed by atoms with Crippen molar-refractivity contribution in [3.05, 3.63) is 46.5 Å². The summed E-state index contributed by atoms with van der Waals surface area (Å²) in [4.78, 5) is 0. The lowest BCUT2D eigenvalue weighted by Gasteiger charge is -2.18. The fourth-order valence-corrected chi connectivity index (χ4v) is 3.12. The van der Waals surface area contributed by atoms with Gasteiger partial charge in [0.05, 0.1) is 0 Å². The van der Waals surface area contributed by atoms with Gasteiger partial charge >= 0.3 is 0 Å². The first kappa shape index (κ1) is 26.5. The highest BCUT2D eigenvalue weighted by molar-refractivity contribution is 5.85. The predicted octanol–water partition coefficient (Wildman–Crippen LogP) is 4.88. The van der Waals surface area contributed by atoms with Crippen LogP contribution in [0, 0.1) is 27.7 Å². The van der Waals surface area contributed by atoms with E-state index in [0.717, 1.165) is 33.8 Å². The van der Waals surface area contributed by atoms with Crippen LogP contribution in [0.1, 0.15) is 36.1 Å². The molecule has 2 aromatic carbocycles. The number of nitrogens with two attached hydrogens (primary N) is 2. The highest BCUT2D eigenvalue weighted by atomic mass is 35.5. The highest BCUT2D eigenvalue weighted by Crippen LogP contribution is 2.34. The van der Waals surface area contributed by atoms with Gasteiger partial charge < -0.3 is 20.9 Å². The Morgan fingerprint density at radius 1 is 0.643 bits per heavy atom. The molecule has 0 aliphatic heterocycles. The lowest BCUT2D eigenvalue weighted by Crippen LogP contribution is -2.24. The number of hydrogen-bond donors (Lipinski definition) is 2. The zero-order chi connectivity index (χ0) is 19.4. The average molecular weight is 429 g/mol. The molecule has 4 nitrogen and oxygen atoms in total. The standard InChI is InChI=1S/C22H32N2O2.2ClH/c1-13-7-19(8-14(2)21(13)25-11-17(5)23)20-9-15(3)22(16(4)10-20)26-12-18(6)24;;/h7-10,17-18H,11-12,23-24H2,1-6H3;2*1H. The summed E-state index contributed by atoms with van der Waals surface area (Å²) in [6.45, 7) is 13.2. The van der Waals surface area contributed by atoms with Gasteiger partial charge in [-0.1, -0.05) is 0 Å². The molecule has 4 N–H and O–H groups in total. The first-order chi connectivity index (χ1) is 12.2. The molecule has 2 atom stereocenters. The van der Waals surface area contributed by atoms with Crippen molar-refractivity contribution in [2.45, 2.75) is 53.6 Å². The molecule has 6 heteroatoms. The second-order valence-corrected chi connectivity index (χ2v) is 7.45. The van der Waals surface area contributed by atoms with Crippen molar-refractivity contribution in [3.63, 3.8) is 0 Å². The number of aryl methyl sites for hydroxylation is 4. The van der Waals surface area contributed by atoms with Crippen molar-refractivity contribution in [1.82, 2.24) is 0 Å². The van der Waals surface area contributed by atoms with Gasteiger partial charge in [0.1, 0.15) is 24.7 Å². The summed E-state index contributed by atoms with van der Waals surface area (Å²) in [5, 5.41) is 0. The van der Waals surface area contributed by atoms with Gasteiger partial charge in [-0.15, -0.1) is 24.8 Å². The van der Waals surface area contributed by atoms with E-state index in [9.17, 15) is 0 Å². The molecule has 2 rings (SSSR count). The molecule has 0 aliphatic carbocycles. The molecule has 0 fully saturated rings. The van der Waals surface area contributed by atoms with Crippen LogP contribution in [0.25, 0.3) is 11.1 Å². The van der Waals surface area contributed by atoms with E-state index in [4.69, 9.17) is 20.9 Å². The molecule has 0 saturated carbocycles. The molecule has 0 heterocycles. The molecule has 0 aliphatic rings. The Kier molecular flexibility index (Phi) is 10.9. The number of ether oxygens (including phenoxy) is 2. The first-order valence-corrected chi connectivity index (χ1v) is 9.18. The third-order valence-corrected chi connectivity index (χ3v) is 4.24. The molecule has 158 valence electrons. The molecule has 0 amide bonds. The first-order valence-electron chi connectivity index (χ1n) is 9.18. The van der Waals surface area contributed by atoms with Crippen molar-refractivity contribution >= 4 is 24.8 Å². The van der Waals surface area contributed by atoms with E-state index in [2.05, 4.69) is 52.0 Å². The zero-order valence-electron chi connectivity index (χ0n) is 17.7. The molecule has 0 saturated heterocycles. The van der Waals surface area contributed by atoms with Crippen LogP contribution in [0.5, 0.6) is 11.5 Å². The number of hydrogen-bond acceptors (Lipinski definition) is 4. The molecule has 2 aromatic rings. The van der Waals surface area contributed by atoms with Crippen LogP contribution in [0.3, 0.4) is 0 Å². The summed E-state index contributed by atoms with van der Waals surface area (Å²) < 4.78 is 11.8. The van der Waals surface area contributed by atoms with Gasteiger partial charge in [0.15, 0.2) is 0 Å². The predicted molar refractivity (Wildman–Crippen MR) is 124 cm³/mol. The van der Waals surface area contributed by atoms with Crippen molar-refractivity contribution in [2.24, 2.45) is 11.5 Å². The van der Waals surface area contributed by atoms with Crippen molar-refractivity contribution < 1.29 is 9.47 Å². The van der Waals surface area contributed by atoms with E-state index >= 15 is 0 Å². The van der Waals surface area contributed by atoms with Crippen molar-refractivity contribution in [1.29, 1.82) is 0 Å². The van der Waals surface area contributed by atoms with E-state index in [1.54, 1.807) is 0 Å². The van der Waals surface area contributed by atoms with Gasteiger partial charge in [0.25, 0.3) is 0 Å². The number of benzene rings is 2. The van der Waals surface area contributed by atoms with Crippen LogP contribution < -0.4 is 20.9 Å². The summed E-state index contributed by atoms with van der Waals surface area (Å²) in [5.41, 5.74) is 18.4. The van der Waals surface area contributed by atoms with Crippen LogP contribution in [-0.4, -0.2) is 25.3 Å². The highest BCUT2D eigenvalue weighted by Gasteiger charge is 2.12. The van der Waals surface area contributed by atoms with E-state index in [0.29, 0.717) is 13.2 Å². The molecule has 0 aromatic heterocycles. The number of halogens is 2. The van der Waals surface area contributed by atoms with Crippen molar-refractivity contribution in [3.8, 4) is 22.6 Å². The zero-order valence-corrected chi connectivity index (χ0v) is 19.3. The topological polar surface area (TPSA) is 70.5 Å². The third kappa shape index (κ3) is 6.85. The van der Waals surface area contributed by atoms with Gasteiger partial charge in [-0.05, 0) is 99.2 Å². The molecule has 2 unspecified atom stereocenters. The summed E-state index contributed by atoms with van der Waals surface area (Å²) in [6, 6.07) is 8.70. The minimum atomic E-state index is 0. The molecule has 0 spiro atoms. The summed E-state index contributed by atoms with van der Waals surface area (Å²) in [5.74, 6) is 1.85. The molecule has 0 radical (unpaired) electrons. The van der Waals surface area contributed by atoms with Crippen LogP contribution in [0.15, 0.2) is 24.3 Å². The summed E-state index contributed by atoms with van der Waals surface area (Å²) in [7, 11) is 0. The van der Waals surface area contributed by atoms with E-state index in [1.165, 1.54) is 11.1 Å². The maximum atomic E-state index is 5.88. The minimum Gasteiger partial charge on any atom is -0.491 e. The largest absolute Gasteiger partial charge is 0.491 e. The quantitative estimate of drug-likeness (QED) is 0.658. The summed E-state index contributed by atoms with van der Waals surface area (Å²) >= 11 is 0. The van der Waals surface area contributed by atoms with Gasteiger partial charge in [0.2, 0.25) is 0 Å². The van der Waals surface area contributed by atoms with Gasteiger partial charge in [-0.25, -0.2) is 0 Å². The fraction of sp³-hybridized carbons (Fsp3) is 0.455. The maximum Gasteiger partial charge on any atom is 0.125 e. The molecular formula is C22H34Cl2N2O2. The average Bonchev–Trinajstić information content (AvgIpc) is 2.52. The van der Waals surface area contributed by atoms with E-state index in [1.807, 2.05) is 13.8 Å². The van der Waals surface area contributed by atoms with Gasteiger partial charge in [0, 0.05) is 12.1 Å². The Hall–Kier alpha value is -1.46. The van der Waals surface area contributed by atoms with Crippen LogP contribution in [-0.2, 0) is 0 Å². The Balaban J connectivity index is 0.00000364. The Bertz CT molecular complexity index is 666. The Labute approximate surface area is 181 Å². The van der Waals surface area contributed by atoms with E-state index in [-0.39, 0.29) is 36.9 Å². The fourth-order valence-electron chi connectivity index (χ4n) is 3.12. The van der Waals surface area contributed by atoms with Crippen LogP contribution in [0.2, 0.25) is 0 Å². The lowest BCUT2D eigenvalue weighted by atomic mass is 9.96. The monoisotopic (exact) mass is 428 g/mol. The number of rotatable bonds is 7. The molecule has 0 bridgehead atoms. The molecular weight excluding hydrogens is 395 g/mol. The summed E-state index contributed by atoms with van der Waals surface area (Å²) in [6.07, 6.45) is 0. The third-order valence-electron chi connectivity index (χ3n) is 4.24. The SMILES string of the molecule is Cc1cc(-c2cc(C)c(OCC(C)N)c(C)c2)cc(C)c1OCC(C)N.Cl.Cl. The minimum absolute atomic E-state index is 0. The van der Waals surface area contributed by atoms with E-state index < -0.39 is 0 Å². The van der Waals surface area contributed by atoms with Gasteiger partial charge in [-0.2, -0.15) is 0 Å².